The molecule has 1 saturated heterocycles. The normalized spacial score (nSPS) is 18.1. The van der Waals surface area contributed by atoms with Crippen LogP contribution in [0.2, 0.25) is 0 Å². The van der Waals surface area contributed by atoms with Crippen molar-refractivity contribution in [2.75, 3.05) is 45.2 Å². The van der Waals surface area contributed by atoms with Crippen LogP contribution in [0.5, 0.6) is 0 Å². The van der Waals surface area contributed by atoms with Crippen LogP contribution in [0.1, 0.15) is 18.9 Å². The van der Waals surface area contributed by atoms with Crippen LogP contribution in [0.4, 0.5) is 18.9 Å². The molecule has 1 aromatic rings. The average molecular weight is 499 g/mol. The molecule has 0 aromatic heterocycles. The molecule has 0 amide bonds. The molecule has 1 fully saturated rings. The van der Waals surface area contributed by atoms with E-state index in [2.05, 4.69) is 21.7 Å². The number of benzene rings is 1. The number of hydrogen-bond donors (Lipinski definition) is 2. The van der Waals surface area contributed by atoms with Crippen LogP contribution in [0, 0.1) is 0 Å². The second-order valence-electron chi connectivity index (χ2n) is 6.74. The van der Waals surface area contributed by atoms with Gasteiger partial charge in [0, 0.05) is 45.5 Å². The van der Waals surface area contributed by atoms with Gasteiger partial charge in [-0.3, -0.25) is 4.90 Å². The van der Waals surface area contributed by atoms with Crippen LogP contribution in [0.15, 0.2) is 29.3 Å². The van der Waals surface area contributed by atoms with Gasteiger partial charge < -0.3 is 15.5 Å². The molecule has 1 heterocycles. The highest BCUT2D eigenvalue weighted by molar-refractivity contribution is 14.0. The van der Waals surface area contributed by atoms with Crippen molar-refractivity contribution in [3.05, 3.63) is 29.8 Å². The number of guanidine groups is 1. The Kier molecular flexibility index (Phi) is 9.65. The van der Waals surface area contributed by atoms with Gasteiger partial charge in [0.1, 0.15) is 0 Å². The topological polar surface area (TPSA) is 42.9 Å². The zero-order valence-corrected chi connectivity index (χ0v) is 18.3. The van der Waals surface area contributed by atoms with Gasteiger partial charge >= 0.3 is 6.18 Å². The fourth-order valence-electron chi connectivity index (χ4n) is 2.96. The Morgan fingerprint density at radius 2 is 2.07 bits per heavy atom. The number of nitrogens with one attached hydrogen (secondary N) is 2. The molecule has 0 spiro atoms. The summed E-state index contributed by atoms with van der Waals surface area (Å²) in [4.78, 5) is 8.05. The maximum Gasteiger partial charge on any atom is 0.401 e. The maximum atomic E-state index is 12.5. The predicted molar refractivity (Wildman–Crippen MR) is 115 cm³/mol. The average Bonchev–Trinajstić information content (AvgIpc) is 2.98. The van der Waals surface area contributed by atoms with Crippen molar-refractivity contribution >= 4 is 35.6 Å². The van der Waals surface area contributed by atoms with Crippen molar-refractivity contribution in [2.45, 2.75) is 32.1 Å². The number of aliphatic imine (C=N–C) groups is 1. The second-order valence-corrected chi connectivity index (χ2v) is 6.74. The molecule has 1 atom stereocenters. The molecular formula is C18H29F3IN5. The van der Waals surface area contributed by atoms with Crippen molar-refractivity contribution in [3.8, 4) is 0 Å². The van der Waals surface area contributed by atoms with Gasteiger partial charge in [-0.05, 0) is 31.0 Å². The van der Waals surface area contributed by atoms with Crippen molar-refractivity contribution in [3.63, 3.8) is 0 Å². The molecule has 1 aromatic carbocycles. The number of hydrogen-bond acceptors (Lipinski definition) is 3. The third-order valence-electron chi connectivity index (χ3n) is 4.21. The van der Waals surface area contributed by atoms with Crippen LogP contribution >= 0.6 is 24.0 Å². The Hall–Kier alpha value is -1.23. The molecule has 27 heavy (non-hydrogen) atoms. The Balaban J connectivity index is 0.00000364. The van der Waals surface area contributed by atoms with Crippen LogP contribution in [-0.2, 0) is 6.54 Å². The van der Waals surface area contributed by atoms with Gasteiger partial charge in [-0.1, -0.05) is 12.1 Å². The zero-order valence-electron chi connectivity index (χ0n) is 16.0. The Bertz CT molecular complexity index is 607. The number of anilines is 1. The van der Waals surface area contributed by atoms with Gasteiger partial charge in [0.2, 0.25) is 0 Å². The molecule has 0 aliphatic carbocycles. The van der Waals surface area contributed by atoms with Gasteiger partial charge in [0.25, 0.3) is 0 Å². The van der Waals surface area contributed by atoms with Gasteiger partial charge in [-0.15, -0.1) is 24.0 Å². The minimum absolute atomic E-state index is 0. The lowest BCUT2D eigenvalue weighted by atomic mass is 10.2. The van der Waals surface area contributed by atoms with E-state index in [1.54, 1.807) is 0 Å². The largest absolute Gasteiger partial charge is 0.401 e. The van der Waals surface area contributed by atoms with Crippen molar-refractivity contribution < 1.29 is 13.2 Å². The number of halogens is 4. The van der Waals surface area contributed by atoms with Gasteiger partial charge in [0.05, 0.1) is 13.1 Å². The van der Waals surface area contributed by atoms with E-state index < -0.39 is 12.7 Å². The van der Waals surface area contributed by atoms with Crippen LogP contribution in [0.25, 0.3) is 0 Å². The van der Waals surface area contributed by atoms with Crippen LogP contribution in [0.3, 0.4) is 0 Å². The summed E-state index contributed by atoms with van der Waals surface area (Å²) in [5.41, 5.74) is 2.19. The molecule has 1 aliphatic rings. The summed E-state index contributed by atoms with van der Waals surface area (Å²) in [7, 11) is 3.97. The number of likely N-dealkylation sites (tertiary alicyclic amines) is 1. The SMILES string of the molecule is CCNC(=NCc1cccc(N(C)C)c1)NC1CCN(CC(F)(F)F)C1.I. The first-order chi connectivity index (χ1) is 12.3. The summed E-state index contributed by atoms with van der Waals surface area (Å²) in [6.45, 7) is 3.14. The quantitative estimate of drug-likeness (QED) is 0.359. The van der Waals surface area contributed by atoms with Crippen molar-refractivity contribution in [2.24, 2.45) is 4.99 Å². The van der Waals surface area contributed by atoms with E-state index in [1.165, 1.54) is 4.90 Å². The first-order valence-electron chi connectivity index (χ1n) is 8.87. The molecule has 1 unspecified atom stereocenters. The molecule has 2 N–H and O–H groups in total. The molecule has 154 valence electrons. The fraction of sp³-hybridized carbons (Fsp3) is 0.611. The standard InChI is InChI=1S/C18H28F3N5.HI/c1-4-22-17(23-11-14-6-5-7-16(10-14)25(2)3)24-15-8-9-26(12-15)13-18(19,20)21;/h5-7,10,15H,4,8-9,11-13H2,1-3H3,(H2,22,23,24);1H. The first kappa shape index (κ1) is 23.8. The third kappa shape index (κ3) is 8.54. The Labute approximate surface area is 176 Å². The lowest BCUT2D eigenvalue weighted by Crippen LogP contribution is -2.45. The highest BCUT2D eigenvalue weighted by Crippen LogP contribution is 2.20. The fourth-order valence-corrected chi connectivity index (χ4v) is 2.96. The smallest absolute Gasteiger partial charge is 0.378 e. The number of rotatable bonds is 6. The van der Waals surface area contributed by atoms with Gasteiger partial charge in [0.15, 0.2) is 5.96 Å². The van der Waals surface area contributed by atoms with Gasteiger partial charge in [-0.25, -0.2) is 4.99 Å². The minimum Gasteiger partial charge on any atom is -0.378 e. The lowest BCUT2D eigenvalue weighted by molar-refractivity contribution is -0.143. The first-order valence-corrected chi connectivity index (χ1v) is 8.87. The maximum absolute atomic E-state index is 12.5. The van der Waals surface area contributed by atoms with E-state index in [0.717, 1.165) is 11.3 Å². The minimum atomic E-state index is -4.15. The highest BCUT2D eigenvalue weighted by Gasteiger charge is 2.34. The molecule has 1 aliphatic heterocycles. The van der Waals surface area contributed by atoms with Crippen molar-refractivity contribution in [1.82, 2.24) is 15.5 Å². The predicted octanol–water partition coefficient (Wildman–Crippen LogP) is 3.06. The third-order valence-corrected chi connectivity index (χ3v) is 4.21. The van der Waals surface area contributed by atoms with E-state index >= 15 is 0 Å². The zero-order chi connectivity index (χ0) is 19.2. The summed E-state index contributed by atoms with van der Waals surface area (Å²) in [6, 6.07) is 8.09. The number of alkyl halides is 3. The molecule has 0 bridgehead atoms. The molecule has 2 rings (SSSR count). The van der Waals surface area contributed by atoms with Crippen molar-refractivity contribution in [1.29, 1.82) is 0 Å². The molecule has 0 radical (unpaired) electrons. The van der Waals surface area contributed by atoms with Gasteiger partial charge in [-0.2, -0.15) is 13.2 Å². The summed E-state index contributed by atoms with van der Waals surface area (Å²) in [5, 5.41) is 6.43. The lowest BCUT2D eigenvalue weighted by Gasteiger charge is -2.20. The van der Waals surface area contributed by atoms with E-state index in [-0.39, 0.29) is 30.0 Å². The van der Waals surface area contributed by atoms with Crippen LogP contribution < -0.4 is 15.5 Å². The number of nitrogens with zero attached hydrogens (tertiary/aromatic N) is 3. The van der Waals surface area contributed by atoms with E-state index in [4.69, 9.17) is 0 Å². The van der Waals surface area contributed by atoms with E-state index in [0.29, 0.717) is 38.6 Å². The monoisotopic (exact) mass is 499 g/mol. The summed E-state index contributed by atoms with van der Waals surface area (Å²) >= 11 is 0. The molecular weight excluding hydrogens is 470 g/mol. The molecule has 9 heteroatoms. The summed E-state index contributed by atoms with van der Waals surface area (Å²) in [6.07, 6.45) is -3.47. The Morgan fingerprint density at radius 1 is 1.33 bits per heavy atom. The molecule has 0 saturated carbocycles. The van der Waals surface area contributed by atoms with Crippen LogP contribution in [-0.4, -0.2) is 63.4 Å². The second kappa shape index (κ2) is 10.9. The Morgan fingerprint density at radius 3 is 2.70 bits per heavy atom. The van der Waals surface area contributed by atoms with E-state index in [9.17, 15) is 13.2 Å². The summed E-state index contributed by atoms with van der Waals surface area (Å²) in [5.74, 6) is 0.640. The van der Waals surface area contributed by atoms with E-state index in [1.807, 2.05) is 44.1 Å². The highest BCUT2D eigenvalue weighted by atomic mass is 127. The molecule has 5 nitrogen and oxygen atoms in total. The summed E-state index contributed by atoms with van der Waals surface area (Å²) < 4.78 is 37.5.